The second-order valence-corrected chi connectivity index (χ2v) is 3.66. The Bertz CT molecular complexity index is 453. The van der Waals surface area contributed by atoms with Crippen LogP contribution < -0.4 is 10.5 Å². The zero-order valence-corrected chi connectivity index (χ0v) is 9.37. The van der Waals surface area contributed by atoms with E-state index in [1.54, 1.807) is 18.4 Å². The number of nitrogens with two attached hydrogens (primary N) is 1. The van der Waals surface area contributed by atoms with E-state index in [0.29, 0.717) is 18.1 Å². The van der Waals surface area contributed by atoms with E-state index in [-0.39, 0.29) is 12.7 Å². The molecule has 1 unspecified atom stereocenters. The van der Waals surface area contributed by atoms with E-state index >= 15 is 0 Å². The van der Waals surface area contributed by atoms with Gasteiger partial charge in [0.1, 0.15) is 11.5 Å². The molecule has 3 N–H and O–H groups in total. The van der Waals surface area contributed by atoms with Crippen LogP contribution in [0.25, 0.3) is 0 Å². The minimum atomic E-state index is -0.307. The molecule has 0 bridgehead atoms. The van der Waals surface area contributed by atoms with Crippen LogP contribution in [0.5, 0.6) is 5.75 Å². The van der Waals surface area contributed by atoms with Crippen LogP contribution in [0.15, 0.2) is 47.1 Å². The largest absolute Gasteiger partial charge is 0.481 e. The van der Waals surface area contributed by atoms with E-state index in [0.717, 1.165) is 5.56 Å². The molecule has 0 saturated heterocycles. The third-order valence-corrected chi connectivity index (χ3v) is 2.43. The van der Waals surface area contributed by atoms with Crippen LogP contribution in [0.1, 0.15) is 17.4 Å². The molecule has 4 nitrogen and oxygen atoms in total. The lowest BCUT2D eigenvalue weighted by molar-refractivity contribution is 0.183. The summed E-state index contributed by atoms with van der Waals surface area (Å²) in [5, 5.41) is 9.04. The van der Waals surface area contributed by atoms with Crippen molar-refractivity contribution in [2.24, 2.45) is 5.73 Å². The Morgan fingerprint density at radius 3 is 2.82 bits per heavy atom. The van der Waals surface area contributed by atoms with Crippen LogP contribution in [-0.4, -0.2) is 11.7 Å². The Kier molecular flexibility index (Phi) is 3.80. The lowest BCUT2D eigenvalue weighted by Gasteiger charge is -2.15. The monoisotopic (exact) mass is 233 g/mol. The third kappa shape index (κ3) is 2.87. The molecule has 90 valence electrons. The first-order valence-corrected chi connectivity index (χ1v) is 5.43. The SMILES string of the molecule is NCC(Oc1cccc(CO)c1)c1ccco1. The Labute approximate surface area is 99.6 Å². The van der Waals surface area contributed by atoms with Crippen LogP contribution in [-0.2, 0) is 6.61 Å². The smallest absolute Gasteiger partial charge is 0.168 e. The maximum Gasteiger partial charge on any atom is 0.168 e. The summed E-state index contributed by atoms with van der Waals surface area (Å²) in [7, 11) is 0. The first-order valence-electron chi connectivity index (χ1n) is 5.43. The van der Waals surface area contributed by atoms with E-state index in [9.17, 15) is 0 Å². The summed E-state index contributed by atoms with van der Waals surface area (Å²) in [5.41, 5.74) is 6.45. The molecule has 0 aliphatic heterocycles. The minimum Gasteiger partial charge on any atom is -0.481 e. The average Bonchev–Trinajstić information content (AvgIpc) is 2.90. The van der Waals surface area contributed by atoms with Crippen molar-refractivity contribution in [1.82, 2.24) is 0 Å². The summed E-state index contributed by atoms with van der Waals surface area (Å²) in [6.07, 6.45) is 1.28. The lowest BCUT2D eigenvalue weighted by atomic mass is 10.2. The normalized spacial score (nSPS) is 12.4. The molecule has 2 rings (SSSR count). The van der Waals surface area contributed by atoms with Gasteiger partial charge in [0, 0.05) is 6.54 Å². The van der Waals surface area contributed by atoms with Gasteiger partial charge in [0.05, 0.1) is 12.9 Å². The van der Waals surface area contributed by atoms with Gasteiger partial charge < -0.3 is 20.0 Å². The number of benzene rings is 1. The van der Waals surface area contributed by atoms with Crippen molar-refractivity contribution >= 4 is 0 Å². The molecule has 4 heteroatoms. The van der Waals surface area contributed by atoms with E-state index < -0.39 is 0 Å². The zero-order valence-electron chi connectivity index (χ0n) is 9.37. The predicted octanol–water partition coefficient (Wildman–Crippen LogP) is 1.85. The summed E-state index contributed by atoms with van der Waals surface area (Å²) in [6.45, 7) is 0.322. The molecular formula is C13H15NO3. The highest BCUT2D eigenvalue weighted by atomic mass is 16.5. The maximum atomic E-state index is 9.04. The molecule has 0 radical (unpaired) electrons. The van der Waals surface area contributed by atoms with Gasteiger partial charge in [0.2, 0.25) is 0 Å². The first kappa shape index (κ1) is 11.7. The molecule has 1 aromatic carbocycles. The second kappa shape index (κ2) is 5.52. The van der Waals surface area contributed by atoms with Crippen molar-refractivity contribution in [3.63, 3.8) is 0 Å². The van der Waals surface area contributed by atoms with E-state index in [1.165, 1.54) is 0 Å². The van der Waals surface area contributed by atoms with Gasteiger partial charge in [-0.25, -0.2) is 0 Å². The summed E-state index contributed by atoms with van der Waals surface area (Å²) >= 11 is 0. The molecular weight excluding hydrogens is 218 g/mol. The molecule has 0 aliphatic carbocycles. The Balaban J connectivity index is 2.13. The fourth-order valence-corrected chi connectivity index (χ4v) is 1.58. The number of hydrogen-bond donors (Lipinski definition) is 2. The van der Waals surface area contributed by atoms with E-state index in [4.69, 9.17) is 20.0 Å². The van der Waals surface area contributed by atoms with Crippen molar-refractivity contribution < 1.29 is 14.3 Å². The average molecular weight is 233 g/mol. The Morgan fingerprint density at radius 2 is 2.18 bits per heavy atom. The van der Waals surface area contributed by atoms with Gasteiger partial charge in [-0.15, -0.1) is 0 Å². The molecule has 0 aliphatic rings. The minimum absolute atomic E-state index is 0.00869. The van der Waals surface area contributed by atoms with Gasteiger partial charge >= 0.3 is 0 Å². The Hall–Kier alpha value is -1.78. The van der Waals surface area contributed by atoms with Gasteiger partial charge in [-0.1, -0.05) is 12.1 Å². The summed E-state index contributed by atoms with van der Waals surface area (Å²) in [5.74, 6) is 1.37. The maximum absolute atomic E-state index is 9.04. The fourth-order valence-electron chi connectivity index (χ4n) is 1.58. The van der Waals surface area contributed by atoms with E-state index in [2.05, 4.69) is 0 Å². The van der Waals surface area contributed by atoms with Crippen LogP contribution in [0.3, 0.4) is 0 Å². The van der Waals surface area contributed by atoms with Gasteiger partial charge in [-0.3, -0.25) is 0 Å². The van der Waals surface area contributed by atoms with Crippen molar-refractivity contribution in [3.8, 4) is 5.75 Å². The fraction of sp³-hybridized carbons (Fsp3) is 0.231. The predicted molar refractivity (Wildman–Crippen MR) is 63.5 cm³/mol. The van der Waals surface area contributed by atoms with Gasteiger partial charge in [-0.05, 0) is 29.8 Å². The molecule has 1 heterocycles. The molecule has 2 aromatic rings. The lowest BCUT2D eigenvalue weighted by Crippen LogP contribution is -2.17. The molecule has 1 aromatic heterocycles. The number of rotatable bonds is 5. The molecule has 1 atom stereocenters. The summed E-state index contributed by atoms with van der Waals surface area (Å²) in [4.78, 5) is 0. The quantitative estimate of drug-likeness (QED) is 0.827. The first-order chi connectivity index (χ1) is 8.33. The molecule has 17 heavy (non-hydrogen) atoms. The van der Waals surface area contributed by atoms with Crippen molar-refractivity contribution in [3.05, 3.63) is 54.0 Å². The van der Waals surface area contributed by atoms with Crippen LogP contribution >= 0.6 is 0 Å². The topological polar surface area (TPSA) is 68.6 Å². The van der Waals surface area contributed by atoms with Gasteiger partial charge in [0.15, 0.2) is 6.10 Å². The van der Waals surface area contributed by atoms with Gasteiger partial charge in [0.25, 0.3) is 0 Å². The molecule has 0 saturated carbocycles. The number of aliphatic hydroxyl groups excluding tert-OH is 1. The number of hydrogen-bond acceptors (Lipinski definition) is 4. The third-order valence-electron chi connectivity index (χ3n) is 2.43. The standard InChI is InChI=1S/C13H15NO3/c14-8-13(12-5-2-6-16-12)17-11-4-1-3-10(7-11)9-15/h1-7,13,15H,8-9,14H2. The zero-order chi connectivity index (χ0) is 12.1. The highest BCUT2D eigenvalue weighted by Crippen LogP contribution is 2.22. The number of aliphatic hydroxyl groups is 1. The summed E-state index contributed by atoms with van der Waals surface area (Å²) < 4.78 is 11.0. The van der Waals surface area contributed by atoms with Crippen LogP contribution in [0.2, 0.25) is 0 Å². The Morgan fingerprint density at radius 1 is 1.29 bits per heavy atom. The van der Waals surface area contributed by atoms with Gasteiger partial charge in [-0.2, -0.15) is 0 Å². The molecule has 0 amide bonds. The summed E-state index contributed by atoms with van der Waals surface area (Å²) in [6, 6.07) is 10.9. The number of furan rings is 1. The van der Waals surface area contributed by atoms with E-state index in [1.807, 2.05) is 24.3 Å². The van der Waals surface area contributed by atoms with Crippen molar-refractivity contribution in [2.45, 2.75) is 12.7 Å². The highest BCUT2D eigenvalue weighted by molar-refractivity contribution is 5.28. The number of ether oxygens (including phenoxy) is 1. The van der Waals surface area contributed by atoms with Crippen molar-refractivity contribution in [2.75, 3.05) is 6.54 Å². The highest BCUT2D eigenvalue weighted by Gasteiger charge is 2.14. The second-order valence-electron chi connectivity index (χ2n) is 3.66. The molecule has 0 fully saturated rings. The van der Waals surface area contributed by atoms with Crippen LogP contribution in [0.4, 0.5) is 0 Å². The van der Waals surface area contributed by atoms with Crippen molar-refractivity contribution in [1.29, 1.82) is 0 Å². The van der Waals surface area contributed by atoms with Crippen LogP contribution in [0, 0.1) is 0 Å². The molecule has 0 spiro atoms.